The minimum atomic E-state index is -1.02. The maximum Gasteiger partial charge on any atom is 0.351 e. The molecular weight excluding hydrogens is 306 g/mol. The maximum atomic E-state index is 11.7. The van der Waals surface area contributed by atoms with Gasteiger partial charge in [0.25, 0.3) is 0 Å². The summed E-state index contributed by atoms with van der Waals surface area (Å²) in [6.45, 7) is 3.30. The first-order valence-electron chi connectivity index (χ1n) is 5.13. The van der Waals surface area contributed by atoms with Gasteiger partial charge in [-0.25, -0.2) is 4.79 Å². The molecule has 2 heterocycles. The Labute approximate surface area is 111 Å². The molecule has 0 aromatic carbocycles. The van der Waals surface area contributed by atoms with Crippen LogP contribution in [0.4, 0.5) is 5.82 Å². The van der Waals surface area contributed by atoms with E-state index in [2.05, 4.69) is 27.5 Å². The van der Waals surface area contributed by atoms with Gasteiger partial charge in [0.05, 0.1) is 11.1 Å². The van der Waals surface area contributed by atoms with E-state index in [1.54, 1.807) is 0 Å². The monoisotopic (exact) mass is 317 g/mol. The van der Waals surface area contributed by atoms with Crippen LogP contribution in [0.15, 0.2) is 27.6 Å². The standard InChI is InChI=1S/C10H12BrN3O4/c1-4-7(16)6(3-15)18-9(4)14-2-5(11)8(12)13-10(14)17/h2,6-7,9,15-16H,1,3H2,(H2,12,13,17)/t6-,7+,9-/m1/s1. The zero-order chi connectivity index (χ0) is 13.4. The Kier molecular flexibility index (Phi) is 3.53. The first-order chi connectivity index (χ1) is 8.45. The Hall–Kier alpha value is -1.22. The van der Waals surface area contributed by atoms with Crippen molar-refractivity contribution in [2.24, 2.45) is 0 Å². The molecule has 98 valence electrons. The molecule has 2 rings (SSSR count). The summed E-state index contributed by atoms with van der Waals surface area (Å²) in [5.74, 6) is 0.0686. The van der Waals surface area contributed by atoms with E-state index in [-0.39, 0.29) is 18.0 Å². The summed E-state index contributed by atoms with van der Waals surface area (Å²) >= 11 is 3.15. The molecule has 8 heteroatoms. The predicted molar refractivity (Wildman–Crippen MR) is 66.8 cm³/mol. The number of hydrogen-bond acceptors (Lipinski definition) is 6. The number of hydrogen-bond donors (Lipinski definition) is 3. The molecule has 1 saturated heterocycles. The molecule has 0 radical (unpaired) electrons. The molecule has 0 bridgehead atoms. The van der Waals surface area contributed by atoms with Gasteiger partial charge < -0.3 is 20.7 Å². The highest BCUT2D eigenvalue weighted by Crippen LogP contribution is 2.32. The number of nitrogens with zero attached hydrogens (tertiary/aromatic N) is 2. The van der Waals surface area contributed by atoms with Crippen LogP contribution in [0, 0.1) is 0 Å². The second kappa shape index (κ2) is 4.81. The van der Waals surface area contributed by atoms with Gasteiger partial charge >= 0.3 is 5.69 Å². The van der Waals surface area contributed by atoms with Gasteiger partial charge in [0.15, 0.2) is 6.23 Å². The summed E-state index contributed by atoms with van der Waals surface area (Å²) in [7, 11) is 0. The quantitative estimate of drug-likeness (QED) is 0.628. The minimum Gasteiger partial charge on any atom is -0.394 e. The van der Waals surface area contributed by atoms with Gasteiger partial charge in [-0.1, -0.05) is 6.58 Å². The van der Waals surface area contributed by atoms with E-state index in [1.165, 1.54) is 6.20 Å². The molecule has 1 aliphatic rings. The molecular formula is C10H12BrN3O4. The number of halogens is 1. The number of ether oxygens (including phenoxy) is 1. The Bertz CT molecular complexity index is 544. The third-order valence-corrected chi connectivity index (χ3v) is 3.33. The number of nitrogens with two attached hydrogens (primary N) is 1. The SMILES string of the molecule is C=C1[C@H](n2cc(Br)c(N)nc2=O)O[C@H](CO)[C@H]1O. The molecule has 0 amide bonds. The van der Waals surface area contributed by atoms with Crippen LogP contribution in [0.1, 0.15) is 6.23 Å². The predicted octanol–water partition coefficient (Wildman–Crippen LogP) is -0.605. The van der Waals surface area contributed by atoms with E-state index < -0.39 is 24.1 Å². The van der Waals surface area contributed by atoms with Crippen molar-refractivity contribution in [2.75, 3.05) is 12.3 Å². The van der Waals surface area contributed by atoms with Crippen molar-refractivity contribution in [2.45, 2.75) is 18.4 Å². The summed E-state index contributed by atoms with van der Waals surface area (Å²) in [6, 6.07) is 0. The molecule has 0 aliphatic carbocycles. The number of aromatic nitrogens is 2. The summed E-state index contributed by atoms with van der Waals surface area (Å²) in [6.07, 6.45) is -1.28. The fraction of sp³-hybridized carbons (Fsp3) is 0.400. The van der Waals surface area contributed by atoms with Crippen LogP contribution in [0.3, 0.4) is 0 Å². The van der Waals surface area contributed by atoms with Gasteiger partial charge in [-0.2, -0.15) is 4.98 Å². The van der Waals surface area contributed by atoms with Crippen LogP contribution in [-0.2, 0) is 4.74 Å². The van der Waals surface area contributed by atoms with Gasteiger partial charge in [0.2, 0.25) is 0 Å². The van der Waals surface area contributed by atoms with Crippen LogP contribution in [0.5, 0.6) is 0 Å². The highest BCUT2D eigenvalue weighted by Gasteiger charge is 2.38. The van der Waals surface area contributed by atoms with Crippen molar-refractivity contribution in [1.29, 1.82) is 0 Å². The lowest BCUT2D eigenvalue weighted by Crippen LogP contribution is -2.28. The fourth-order valence-corrected chi connectivity index (χ4v) is 2.03. The third kappa shape index (κ3) is 2.07. The molecule has 1 aromatic heterocycles. The van der Waals surface area contributed by atoms with Crippen molar-refractivity contribution < 1.29 is 14.9 Å². The third-order valence-electron chi connectivity index (χ3n) is 2.72. The van der Waals surface area contributed by atoms with Crippen LogP contribution < -0.4 is 11.4 Å². The second-order valence-electron chi connectivity index (χ2n) is 3.89. The summed E-state index contributed by atoms with van der Waals surface area (Å²) < 4.78 is 6.94. The molecule has 0 spiro atoms. The van der Waals surface area contributed by atoms with Crippen LogP contribution in [0.2, 0.25) is 0 Å². The molecule has 3 atom stereocenters. The van der Waals surface area contributed by atoms with Gasteiger partial charge in [-0.3, -0.25) is 4.57 Å². The smallest absolute Gasteiger partial charge is 0.351 e. The summed E-state index contributed by atoms with van der Waals surface area (Å²) in [5.41, 5.74) is 5.15. The Morgan fingerprint density at radius 3 is 2.89 bits per heavy atom. The second-order valence-corrected chi connectivity index (χ2v) is 4.75. The van der Waals surface area contributed by atoms with Crippen LogP contribution in [-0.4, -0.2) is 38.6 Å². The number of aliphatic hydroxyl groups is 2. The number of anilines is 1. The largest absolute Gasteiger partial charge is 0.394 e. The zero-order valence-electron chi connectivity index (χ0n) is 9.28. The summed E-state index contributed by atoms with van der Waals surface area (Å²) in [4.78, 5) is 15.3. The van der Waals surface area contributed by atoms with Crippen molar-refractivity contribution in [3.8, 4) is 0 Å². The lowest BCUT2D eigenvalue weighted by atomic mass is 10.1. The van der Waals surface area contributed by atoms with E-state index in [0.717, 1.165) is 4.57 Å². The van der Waals surface area contributed by atoms with E-state index in [1.807, 2.05) is 0 Å². The maximum absolute atomic E-state index is 11.7. The normalized spacial score (nSPS) is 27.7. The van der Waals surface area contributed by atoms with E-state index in [0.29, 0.717) is 4.47 Å². The first kappa shape index (κ1) is 13.2. The molecule has 18 heavy (non-hydrogen) atoms. The molecule has 4 N–H and O–H groups in total. The van der Waals surface area contributed by atoms with Crippen LogP contribution >= 0.6 is 15.9 Å². The van der Waals surface area contributed by atoms with Gasteiger partial charge in [-0.05, 0) is 15.9 Å². The minimum absolute atomic E-state index is 0.0686. The van der Waals surface area contributed by atoms with Crippen molar-refractivity contribution in [3.05, 3.63) is 33.3 Å². The van der Waals surface area contributed by atoms with Crippen LogP contribution in [0.25, 0.3) is 0 Å². The Morgan fingerprint density at radius 2 is 2.33 bits per heavy atom. The fourth-order valence-electron chi connectivity index (χ4n) is 1.72. The highest BCUT2D eigenvalue weighted by atomic mass is 79.9. The number of nitrogen functional groups attached to an aromatic ring is 1. The molecule has 0 saturated carbocycles. The molecule has 7 nitrogen and oxygen atoms in total. The van der Waals surface area contributed by atoms with Gasteiger partial charge in [-0.15, -0.1) is 0 Å². The highest BCUT2D eigenvalue weighted by molar-refractivity contribution is 9.10. The topological polar surface area (TPSA) is 111 Å². The summed E-state index contributed by atoms with van der Waals surface area (Å²) in [5, 5.41) is 18.8. The number of aliphatic hydroxyl groups excluding tert-OH is 2. The Morgan fingerprint density at radius 1 is 1.67 bits per heavy atom. The lowest BCUT2D eigenvalue weighted by Gasteiger charge is -2.15. The number of rotatable bonds is 2. The zero-order valence-corrected chi connectivity index (χ0v) is 10.9. The van der Waals surface area contributed by atoms with Crippen molar-refractivity contribution in [1.82, 2.24) is 9.55 Å². The van der Waals surface area contributed by atoms with E-state index in [9.17, 15) is 9.90 Å². The lowest BCUT2D eigenvalue weighted by molar-refractivity contribution is -0.0447. The van der Waals surface area contributed by atoms with Crippen molar-refractivity contribution in [3.63, 3.8) is 0 Å². The average molecular weight is 318 g/mol. The van der Waals surface area contributed by atoms with Crippen molar-refractivity contribution >= 4 is 21.7 Å². The average Bonchev–Trinajstić information content (AvgIpc) is 2.61. The first-order valence-corrected chi connectivity index (χ1v) is 5.92. The van der Waals surface area contributed by atoms with E-state index >= 15 is 0 Å². The molecule has 1 fully saturated rings. The molecule has 1 aliphatic heterocycles. The molecule has 1 aromatic rings. The molecule has 0 unspecified atom stereocenters. The Balaban J connectivity index is 2.42. The van der Waals surface area contributed by atoms with Gasteiger partial charge in [0, 0.05) is 11.8 Å². The van der Waals surface area contributed by atoms with Gasteiger partial charge in [0.1, 0.15) is 18.0 Å². The van der Waals surface area contributed by atoms with E-state index in [4.69, 9.17) is 15.6 Å².